The lowest BCUT2D eigenvalue weighted by Crippen LogP contribution is -2.42. The number of carbonyl (C=O) groups excluding carboxylic acids is 2. The quantitative estimate of drug-likeness (QED) is 0.677. The van der Waals surface area contributed by atoms with Gasteiger partial charge in [0.05, 0.1) is 11.0 Å². The average Bonchev–Trinajstić information content (AvgIpc) is 3.16. The van der Waals surface area contributed by atoms with Crippen LogP contribution in [0.2, 0.25) is 0 Å². The number of aliphatic hydroxyl groups excluding tert-OH is 1. The van der Waals surface area contributed by atoms with E-state index >= 15 is 0 Å². The minimum Gasteiger partial charge on any atom is -0.454 e. The summed E-state index contributed by atoms with van der Waals surface area (Å²) >= 11 is 0. The van der Waals surface area contributed by atoms with Crippen molar-refractivity contribution < 1.29 is 27.9 Å². The van der Waals surface area contributed by atoms with Crippen LogP contribution in [0.15, 0.2) is 53.4 Å². The van der Waals surface area contributed by atoms with Gasteiger partial charge in [-0.2, -0.15) is 4.31 Å². The number of aliphatic hydroxyl groups is 1. The zero-order valence-corrected chi connectivity index (χ0v) is 18.5. The maximum atomic E-state index is 13.1. The van der Waals surface area contributed by atoms with Gasteiger partial charge in [-0.05, 0) is 49.2 Å². The Morgan fingerprint density at radius 2 is 1.81 bits per heavy atom. The molecule has 31 heavy (non-hydrogen) atoms. The van der Waals surface area contributed by atoms with Gasteiger partial charge in [0, 0.05) is 25.7 Å². The second-order valence-electron chi connectivity index (χ2n) is 7.62. The van der Waals surface area contributed by atoms with E-state index in [4.69, 9.17) is 4.74 Å². The number of β-amino-alcohol motifs (C(OH)–C–C–N with tert-alkyl or cyclic N) is 1. The molecule has 0 aromatic heterocycles. The number of para-hydroxylation sites is 1. The van der Waals surface area contributed by atoms with Crippen molar-refractivity contribution in [1.29, 1.82) is 0 Å². The van der Waals surface area contributed by atoms with Gasteiger partial charge in [-0.15, -0.1) is 0 Å². The van der Waals surface area contributed by atoms with Crippen molar-refractivity contribution in [3.8, 4) is 0 Å². The van der Waals surface area contributed by atoms with Crippen LogP contribution in [-0.2, 0) is 24.3 Å². The van der Waals surface area contributed by atoms with Crippen molar-refractivity contribution in [3.63, 3.8) is 0 Å². The van der Waals surface area contributed by atoms with E-state index in [1.807, 2.05) is 13.0 Å². The van der Waals surface area contributed by atoms with Gasteiger partial charge in [0.15, 0.2) is 6.61 Å². The van der Waals surface area contributed by atoms with Crippen LogP contribution in [-0.4, -0.2) is 62.1 Å². The molecule has 3 rings (SSSR count). The van der Waals surface area contributed by atoms with Gasteiger partial charge >= 0.3 is 5.97 Å². The Morgan fingerprint density at radius 1 is 1.13 bits per heavy atom. The van der Waals surface area contributed by atoms with Crippen molar-refractivity contribution in [1.82, 2.24) is 4.31 Å². The van der Waals surface area contributed by atoms with Gasteiger partial charge in [0.1, 0.15) is 6.04 Å². The Balaban J connectivity index is 1.72. The largest absolute Gasteiger partial charge is 0.454 e. The molecular formula is C22H26N2O6S. The van der Waals surface area contributed by atoms with Crippen LogP contribution < -0.4 is 4.90 Å². The molecule has 0 bridgehead atoms. The summed E-state index contributed by atoms with van der Waals surface area (Å²) in [6.07, 6.45) is -1.09. The molecule has 0 aliphatic carbocycles. The third kappa shape index (κ3) is 4.95. The first-order valence-corrected chi connectivity index (χ1v) is 11.3. The maximum absolute atomic E-state index is 13.1. The molecule has 1 fully saturated rings. The summed E-state index contributed by atoms with van der Waals surface area (Å²) in [6, 6.07) is 12.4. The van der Waals surface area contributed by atoms with Crippen LogP contribution in [0, 0.1) is 13.8 Å². The first-order chi connectivity index (χ1) is 14.6. The monoisotopic (exact) mass is 446 g/mol. The second kappa shape index (κ2) is 9.17. The Labute approximate surface area is 182 Å². The number of sulfonamides is 1. The normalized spacial score (nSPS) is 19.2. The van der Waals surface area contributed by atoms with E-state index < -0.39 is 40.7 Å². The summed E-state index contributed by atoms with van der Waals surface area (Å²) in [5.41, 5.74) is 2.38. The van der Waals surface area contributed by atoms with Gasteiger partial charge in [0.25, 0.3) is 5.91 Å². The highest BCUT2D eigenvalue weighted by molar-refractivity contribution is 7.89. The Bertz CT molecular complexity index is 1070. The Kier molecular flexibility index (Phi) is 6.78. The van der Waals surface area contributed by atoms with Crippen molar-refractivity contribution >= 4 is 27.6 Å². The molecule has 2 aromatic rings. The number of benzene rings is 2. The standard InChI is InChI=1S/C22H26N2O6S/c1-15-9-10-19(11-16(15)2)31(28,29)24-13-18(25)12-20(24)22(27)30-14-21(26)23(3)17-7-5-4-6-8-17/h4-11,18,20,25H,12-14H2,1-3H3. The number of rotatable bonds is 6. The number of amides is 1. The van der Waals surface area contributed by atoms with E-state index in [1.54, 1.807) is 44.3 Å². The molecule has 2 unspecified atom stereocenters. The number of likely N-dealkylation sites (N-methyl/N-ethyl adjacent to an activating group) is 1. The number of esters is 1. The topological polar surface area (TPSA) is 104 Å². The maximum Gasteiger partial charge on any atom is 0.325 e. The third-order valence-corrected chi connectivity index (χ3v) is 7.32. The van der Waals surface area contributed by atoms with Gasteiger partial charge in [0.2, 0.25) is 10.0 Å². The molecule has 1 aliphatic rings. The highest BCUT2D eigenvalue weighted by Gasteiger charge is 2.44. The van der Waals surface area contributed by atoms with E-state index in [1.165, 1.54) is 17.0 Å². The minimum absolute atomic E-state index is 0.0439. The summed E-state index contributed by atoms with van der Waals surface area (Å²) < 4.78 is 32.3. The average molecular weight is 447 g/mol. The van der Waals surface area contributed by atoms with E-state index in [9.17, 15) is 23.1 Å². The number of hydrogen-bond acceptors (Lipinski definition) is 6. The molecule has 1 aliphatic heterocycles. The Hall–Kier alpha value is -2.75. The summed E-state index contributed by atoms with van der Waals surface area (Å²) in [4.78, 5) is 26.4. The van der Waals surface area contributed by atoms with Crippen molar-refractivity contribution in [2.75, 3.05) is 25.1 Å². The number of nitrogens with zero attached hydrogens (tertiary/aromatic N) is 2. The Morgan fingerprint density at radius 3 is 2.45 bits per heavy atom. The molecule has 8 nitrogen and oxygen atoms in total. The predicted molar refractivity (Wildman–Crippen MR) is 115 cm³/mol. The molecule has 166 valence electrons. The van der Waals surface area contributed by atoms with Crippen LogP contribution in [0.3, 0.4) is 0 Å². The van der Waals surface area contributed by atoms with Crippen LogP contribution in [0.4, 0.5) is 5.69 Å². The number of aryl methyl sites for hydroxylation is 2. The number of hydrogen-bond donors (Lipinski definition) is 1. The zero-order valence-electron chi connectivity index (χ0n) is 17.7. The van der Waals surface area contributed by atoms with Gasteiger partial charge < -0.3 is 14.7 Å². The van der Waals surface area contributed by atoms with E-state index in [2.05, 4.69) is 0 Å². The summed E-state index contributed by atoms with van der Waals surface area (Å²) in [5, 5.41) is 10.1. The first kappa shape index (κ1) is 22.9. The van der Waals surface area contributed by atoms with Crippen LogP contribution in [0.1, 0.15) is 17.5 Å². The SMILES string of the molecule is Cc1ccc(S(=O)(=O)N2CC(O)CC2C(=O)OCC(=O)N(C)c2ccccc2)cc1C. The molecule has 1 amide bonds. The zero-order chi connectivity index (χ0) is 22.8. The van der Waals surface area contributed by atoms with E-state index in [0.29, 0.717) is 5.69 Å². The number of anilines is 1. The predicted octanol–water partition coefficient (Wildman–Crippen LogP) is 1.63. The lowest BCUT2D eigenvalue weighted by Gasteiger charge is -2.23. The highest BCUT2D eigenvalue weighted by atomic mass is 32.2. The first-order valence-electron chi connectivity index (χ1n) is 9.86. The van der Waals surface area contributed by atoms with Crippen LogP contribution in [0.25, 0.3) is 0 Å². The summed E-state index contributed by atoms with van der Waals surface area (Å²) in [7, 11) is -2.47. The fourth-order valence-electron chi connectivity index (χ4n) is 3.40. The second-order valence-corrected chi connectivity index (χ2v) is 9.51. The molecule has 0 radical (unpaired) electrons. The molecule has 2 aromatic carbocycles. The molecule has 0 spiro atoms. The highest BCUT2D eigenvalue weighted by Crippen LogP contribution is 2.28. The lowest BCUT2D eigenvalue weighted by molar-refractivity contribution is -0.151. The van der Waals surface area contributed by atoms with Crippen molar-refractivity contribution in [3.05, 3.63) is 59.7 Å². The summed E-state index contributed by atoms with van der Waals surface area (Å²) in [5.74, 6) is -1.32. The molecule has 1 heterocycles. The van der Waals surface area contributed by atoms with E-state index in [-0.39, 0.29) is 17.9 Å². The molecule has 0 saturated carbocycles. The number of carbonyl (C=O) groups is 2. The number of ether oxygens (including phenoxy) is 1. The molecular weight excluding hydrogens is 420 g/mol. The van der Waals surface area contributed by atoms with Gasteiger partial charge in [-0.1, -0.05) is 24.3 Å². The van der Waals surface area contributed by atoms with Crippen molar-refractivity contribution in [2.24, 2.45) is 0 Å². The summed E-state index contributed by atoms with van der Waals surface area (Å²) in [6.45, 7) is 2.92. The molecule has 1 N–H and O–H groups in total. The molecule has 1 saturated heterocycles. The smallest absolute Gasteiger partial charge is 0.325 e. The van der Waals surface area contributed by atoms with Gasteiger partial charge in [-0.3, -0.25) is 9.59 Å². The fourth-order valence-corrected chi connectivity index (χ4v) is 5.11. The minimum atomic E-state index is -4.03. The van der Waals surface area contributed by atoms with Crippen LogP contribution in [0.5, 0.6) is 0 Å². The lowest BCUT2D eigenvalue weighted by atomic mass is 10.1. The third-order valence-electron chi connectivity index (χ3n) is 5.45. The van der Waals surface area contributed by atoms with E-state index in [0.717, 1.165) is 15.4 Å². The van der Waals surface area contributed by atoms with Gasteiger partial charge in [-0.25, -0.2) is 8.42 Å². The van der Waals surface area contributed by atoms with Crippen molar-refractivity contribution in [2.45, 2.75) is 37.3 Å². The van der Waals surface area contributed by atoms with Crippen LogP contribution >= 0.6 is 0 Å². The molecule has 2 atom stereocenters. The molecule has 9 heteroatoms. The fraction of sp³-hybridized carbons (Fsp3) is 0.364.